The summed E-state index contributed by atoms with van der Waals surface area (Å²) in [6.07, 6.45) is 1.85. The van der Waals surface area contributed by atoms with E-state index in [4.69, 9.17) is 9.47 Å². The number of hydrazine groups is 1. The molecule has 0 unspecified atom stereocenters. The number of hydrogen-bond acceptors (Lipinski definition) is 5. The van der Waals surface area contributed by atoms with Gasteiger partial charge in [-0.2, -0.15) is 0 Å². The lowest BCUT2D eigenvalue weighted by atomic mass is 9.86. The second kappa shape index (κ2) is 5.64. The molecule has 3 heterocycles. The zero-order valence-electron chi connectivity index (χ0n) is 15.1. The maximum Gasteiger partial charge on any atom is 0.429 e. The number of cyclic esters (lactones) is 1. The van der Waals surface area contributed by atoms with E-state index in [0.29, 0.717) is 13.0 Å². The van der Waals surface area contributed by atoms with Crippen LogP contribution in [0.4, 0.5) is 15.3 Å². The van der Waals surface area contributed by atoms with Gasteiger partial charge in [-0.05, 0) is 43.2 Å². The molecule has 5 rings (SSSR count). The van der Waals surface area contributed by atoms with Crippen LogP contribution >= 0.6 is 15.9 Å². The Hall–Kier alpha value is -2.22. The Balaban J connectivity index is 1.63. The van der Waals surface area contributed by atoms with Crippen LogP contribution in [0.15, 0.2) is 34.3 Å². The number of carbonyl (C=O) groups excluding carboxylic acids is 2. The maximum absolute atomic E-state index is 12.8. The number of rotatable bonds is 1. The first-order valence-corrected chi connectivity index (χ1v) is 9.96. The van der Waals surface area contributed by atoms with Gasteiger partial charge in [-0.3, -0.25) is 0 Å². The zero-order chi connectivity index (χ0) is 18.9. The number of ether oxygens (including phenoxy) is 2. The molecular formula is C19H20BrN3O4. The molecule has 2 saturated heterocycles. The Morgan fingerprint density at radius 3 is 3.07 bits per heavy atom. The summed E-state index contributed by atoms with van der Waals surface area (Å²) in [5, 5.41) is 6.49. The molecule has 2 fully saturated rings. The van der Waals surface area contributed by atoms with Gasteiger partial charge in [0.1, 0.15) is 6.04 Å². The molecule has 2 amide bonds. The minimum atomic E-state index is -0.578. The van der Waals surface area contributed by atoms with Crippen molar-refractivity contribution in [2.24, 2.45) is 0 Å². The molecule has 0 spiro atoms. The molecule has 0 bridgehead atoms. The summed E-state index contributed by atoms with van der Waals surface area (Å²) in [6.45, 7) is 4.36. The van der Waals surface area contributed by atoms with Crippen molar-refractivity contribution in [3.63, 3.8) is 0 Å². The van der Waals surface area contributed by atoms with Crippen molar-refractivity contribution in [2.75, 3.05) is 18.5 Å². The van der Waals surface area contributed by atoms with Gasteiger partial charge in [-0.25, -0.2) is 19.6 Å². The second-order valence-corrected chi connectivity index (χ2v) is 8.40. The molecule has 1 aromatic rings. The Kier molecular flexibility index (Phi) is 3.53. The van der Waals surface area contributed by atoms with Gasteiger partial charge in [-0.1, -0.05) is 22.0 Å². The van der Waals surface area contributed by atoms with Crippen molar-refractivity contribution in [1.82, 2.24) is 10.0 Å². The van der Waals surface area contributed by atoms with Crippen LogP contribution in [0.2, 0.25) is 0 Å². The van der Waals surface area contributed by atoms with E-state index in [1.165, 1.54) is 15.6 Å². The average Bonchev–Trinajstić information content (AvgIpc) is 3.22. The monoisotopic (exact) mass is 433 g/mol. The van der Waals surface area contributed by atoms with Gasteiger partial charge in [0.15, 0.2) is 0 Å². The summed E-state index contributed by atoms with van der Waals surface area (Å²) in [7, 11) is 0. The third-order valence-electron chi connectivity index (χ3n) is 6.11. The fourth-order valence-corrected chi connectivity index (χ4v) is 5.33. The number of nitrogens with one attached hydrogen (secondary N) is 1. The largest absolute Gasteiger partial charge is 0.448 e. The lowest BCUT2D eigenvalue weighted by Gasteiger charge is -2.41. The average molecular weight is 434 g/mol. The third kappa shape index (κ3) is 2.13. The molecule has 1 N–H and O–H groups in total. The Morgan fingerprint density at radius 2 is 2.30 bits per heavy atom. The van der Waals surface area contributed by atoms with E-state index in [2.05, 4.69) is 33.4 Å². The number of amides is 2. The summed E-state index contributed by atoms with van der Waals surface area (Å²) in [4.78, 5) is 25.4. The first kappa shape index (κ1) is 16.9. The molecule has 0 saturated carbocycles. The molecule has 4 atom stereocenters. The molecular weight excluding hydrogens is 414 g/mol. The molecule has 0 radical (unpaired) electrons. The van der Waals surface area contributed by atoms with E-state index in [1.54, 1.807) is 6.92 Å². The van der Waals surface area contributed by atoms with Crippen LogP contribution in [0.1, 0.15) is 31.7 Å². The van der Waals surface area contributed by atoms with Crippen LogP contribution < -0.4 is 5.32 Å². The zero-order valence-corrected chi connectivity index (χ0v) is 16.7. The molecule has 3 aliphatic heterocycles. The summed E-state index contributed by atoms with van der Waals surface area (Å²) in [5.41, 5.74) is 2.77. The van der Waals surface area contributed by atoms with Crippen molar-refractivity contribution in [2.45, 2.75) is 43.8 Å². The van der Waals surface area contributed by atoms with E-state index in [1.807, 2.05) is 19.1 Å². The molecule has 8 heteroatoms. The molecule has 1 aliphatic carbocycles. The van der Waals surface area contributed by atoms with Gasteiger partial charge in [0.2, 0.25) is 0 Å². The van der Waals surface area contributed by atoms with Crippen LogP contribution in [0.5, 0.6) is 0 Å². The summed E-state index contributed by atoms with van der Waals surface area (Å²) in [5.74, 6) is 0.145. The number of fused-ring (bicyclic) bond motifs is 7. The topological polar surface area (TPSA) is 71.1 Å². The normalized spacial score (nSPS) is 32.8. The van der Waals surface area contributed by atoms with Crippen molar-refractivity contribution in [3.8, 4) is 0 Å². The fraction of sp³-hybridized carbons (Fsp3) is 0.474. The Labute approximate surface area is 165 Å². The Bertz CT molecular complexity index is 888. The molecule has 4 aliphatic rings. The SMILES string of the molecule is CCOC(=O)N1[C@@H]2C(=C[C@H]3c4cc(Br)ccc4N[C@@H]23)[C@]2(C)CCOC(=O)N12. The van der Waals surface area contributed by atoms with Gasteiger partial charge in [0, 0.05) is 22.5 Å². The highest BCUT2D eigenvalue weighted by Gasteiger charge is 2.64. The number of carbonyl (C=O) groups is 2. The van der Waals surface area contributed by atoms with Gasteiger partial charge < -0.3 is 14.8 Å². The lowest BCUT2D eigenvalue weighted by Crippen LogP contribution is -2.59. The van der Waals surface area contributed by atoms with Crippen LogP contribution in [0.25, 0.3) is 0 Å². The van der Waals surface area contributed by atoms with Gasteiger partial charge in [0.05, 0.1) is 24.8 Å². The molecule has 142 valence electrons. The number of halogens is 1. The molecule has 7 nitrogen and oxygen atoms in total. The molecule has 0 aromatic heterocycles. The molecule has 1 aromatic carbocycles. The number of benzene rings is 1. The fourth-order valence-electron chi connectivity index (χ4n) is 4.95. The van der Waals surface area contributed by atoms with E-state index >= 15 is 0 Å². The maximum atomic E-state index is 12.8. The molecule has 27 heavy (non-hydrogen) atoms. The number of hydrogen-bond donors (Lipinski definition) is 1. The van der Waals surface area contributed by atoms with Gasteiger partial charge in [0.25, 0.3) is 0 Å². The number of nitrogens with zero attached hydrogens (tertiary/aromatic N) is 2. The van der Waals surface area contributed by atoms with Crippen LogP contribution in [-0.2, 0) is 9.47 Å². The van der Waals surface area contributed by atoms with Crippen LogP contribution in [0.3, 0.4) is 0 Å². The smallest absolute Gasteiger partial charge is 0.429 e. The standard InChI is InChI=1S/C19H20BrN3O4/c1-3-26-17(24)22-16-13(19(2)6-7-27-18(25)23(19)22)9-12-11-8-10(20)4-5-14(11)21-15(12)16/h4-5,8-9,12,15-16,21H,3,6-7H2,1-2H3/t12-,15+,16+,19-/m0/s1. The second-order valence-electron chi connectivity index (χ2n) is 7.49. The van der Waals surface area contributed by atoms with Crippen molar-refractivity contribution < 1.29 is 19.1 Å². The quantitative estimate of drug-likeness (QED) is 0.684. The van der Waals surface area contributed by atoms with Gasteiger partial charge >= 0.3 is 12.2 Å². The van der Waals surface area contributed by atoms with Crippen molar-refractivity contribution in [3.05, 3.63) is 39.9 Å². The predicted molar refractivity (Wildman–Crippen MR) is 101 cm³/mol. The third-order valence-corrected chi connectivity index (χ3v) is 6.60. The first-order chi connectivity index (χ1) is 13.0. The summed E-state index contributed by atoms with van der Waals surface area (Å²) >= 11 is 3.55. The number of anilines is 1. The van der Waals surface area contributed by atoms with Gasteiger partial charge in [-0.15, -0.1) is 0 Å². The first-order valence-electron chi connectivity index (χ1n) is 9.17. The van der Waals surface area contributed by atoms with E-state index in [-0.39, 0.29) is 24.6 Å². The predicted octanol–water partition coefficient (Wildman–Crippen LogP) is 3.62. The summed E-state index contributed by atoms with van der Waals surface area (Å²) < 4.78 is 11.6. The minimum Gasteiger partial charge on any atom is -0.448 e. The van der Waals surface area contributed by atoms with E-state index in [0.717, 1.165) is 15.7 Å². The van der Waals surface area contributed by atoms with Crippen LogP contribution in [-0.4, -0.2) is 53.0 Å². The summed E-state index contributed by atoms with van der Waals surface area (Å²) in [6, 6.07) is 5.84. The van der Waals surface area contributed by atoms with Crippen molar-refractivity contribution >= 4 is 33.8 Å². The highest BCUT2D eigenvalue weighted by atomic mass is 79.9. The van der Waals surface area contributed by atoms with Crippen LogP contribution in [0, 0.1) is 0 Å². The van der Waals surface area contributed by atoms with Crippen molar-refractivity contribution in [1.29, 1.82) is 0 Å². The lowest BCUT2D eigenvalue weighted by molar-refractivity contribution is -0.0710. The van der Waals surface area contributed by atoms with E-state index < -0.39 is 17.7 Å². The highest BCUT2D eigenvalue weighted by molar-refractivity contribution is 9.10. The van der Waals surface area contributed by atoms with E-state index in [9.17, 15) is 9.59 Å². The minimum absolute atomic E-state index is 0.0380. The highest BCUT2D eigenvalue weighted by Crippen LogP contribution is 2.55. The Morgan fingerprint density at radius 1 is 1.48 bits per heavy atom.